The second kappa shape index (κ2) is 7.49. The Morgan fingerprint density at radius 1 is 0.676 bits per heavy atom. The van der Waals surface area contributed by atoms with Gasteiger partial charge in [0.25, 0.3) is 0 Å². The van der Waals surface area contributed by atoms with E-state index < -0.39 is 0 Å². The molecule has 2 aromatic heterocycles. The lowest BCUT2D eigenvalue weighted by Gasteiger charge is -2.08. The van der Waals surface area contributed by atoms with Gasteiger partial charge in [-0.15, -0.1) is 0 Å². The molecule has 166 valence electrons. The van der Waals surface area contributed by atoms with Gasteiger partial charge in [0.2, 0.25) is 5.69 Å². The SMILES string of the molecule is Cc1c[n+](C)c(-c2c(C)ccc3c2oc2c(-c4cccc5ccccc45)c(F)ccc23)cc1F. The molecule has 0 aliphatic carbocycles. The monoisotopic (exact) mass is 450 g/mol. The van der Waals surface area contributed by atoms with Crippen LogP contribution in [0.25, 0.3) is 55.1 Å². The number of rotatable bonds is 2. The van der Waals surface area contributed by atoms with Crippen molar-refractivity contribution in [2.24, 2.45) is 7.05 Å². The molecule has 0 saturated carbocycles. The molecule has 0 fully saturated rings. The number of pyridine rings is 1. The summed E-state index contributed by atoms with van der Waals surface area (Å²) in [5.74, 6) is -0.615. The van der Waals surface area contributed by atoms with Crippen molar-refractivity contribution in [3.63, 3.8) is 0 Å². The minimum Gasteiger partial charge on any atom is -0.454 e. The molecule has 2 nitrogen and oxygen atoms in total. The normalized spacial score (nSPS) is 11.7. The van der Waals surface area contributed by atoms with E-state index in [0.717, 1.165) is 38.2 Å². The molecule has 6 rings (SSSR count). The fraction of sp³-hybridized carbons (Fsp3) is 0.100. The molecule has 0 aliphatic heterocycles. The van der Waals surface area contributed by atoms with Crippen LogP contribution in [0.15, 0.2) is 83.4 Å². The second-order valence-corrected chi connectivity index (χ2v) is 8.86. The smallest absolute Gasteiger partial charge is 0.219 e. The van der Waals surface area contributed by atoms with Crippen LogP contribution < -0.4 is 4.57 Å². The van der Waals surface area contributed by atoms with E-state index >= 15 is 4.39 Å². The van der Waals surface area contributed by atoms with Crippen LogP contribution in [0, 0.1) is 25.5 Å². The number of furan rings is 1. The fourth-order valence-electron chi connectivity index (χ4n) is 5.00. The van der Waals surface area contributed by atoms with E-state index in [1.807, 2.05) is 73.1 Å². The molecule has 4 heteroatoms. The highest BCUT2D eigenvalue weighted by molar-refractivity contribution is 6.15. The van der Waals surface area contributed by atoms with Gasteiger partial charge in [-0.25, -0.2) is 13.3 Å². The third-order valence-electron chi connectivity index (χ3n) is 6.69. The second-order valence-electron chi connectivity index (χ2n) is 8.86. The van der Waals surface area contributed by atoms with Crippen LogP contribution in [0.1, 0.15) is 11.1 Å². The van der Waals surface area contributed by atoms with Crippen LogP contribution >= 0.6 is 0 Å². The quantitative estimate of drug-likeness (QED) is 0.246. The standard InChI is InChI=1S/C30H22F2NO/c1-17-11-12-22-23-13-14-24(31)28(21-10-6-8-19-7-4-5-9-20(19)21)30(23)34-29(22)27(17)26-15-25(32)18(2)16-33(26)3/h4-16H,1-3H3/q+1. The van der Waals surface area contributed by atoms with E-state index in [4.69, 9.17) is 4.42 Å². The van der Waals surface area contributed by atoms with Crippen LogP contribution in [0.3, 0.4) is 0 Å². The summed E-state index contributed by atoms with van der Waals surface area (Å²) in [5, 5.41) is 3.69. The molecule has 0 N–H and O–H groups in total. The number of aryl methyl sites for hydroxylation is 3. The van der Waals surface area contributed by atoms with Crippen molar-refractivity contribution in [1.29, 1.82) is 0 Å². The maximum absolute atomic E-state index is 15.4. The summed E-state index contributed by atoms with van der Waals surface area (Å²) >= 11 is 0. The van der Waals surface area contributed by atoms with Gasteiger partial charge in [0.05, 0.1) is 11.1 Å². The van der Waals surface area contributed by atoms with Crippen molar-refractivity contribution in [3.05, 3.63) is 102 Å². The Bertz CT molecular complexity index is 1760. The zero-order valence-electron chi connectivity index (χ0n) is 19.1. The average Bonchev–Trinajstić information content (AvgIpc) is 3.20. The van der Waals surface area contributed by atoms with Crippen LogP contribution in [0.4, 0.5) is 8.78 Å². The highest BCUT2D eigenvalue weighted by atomic mass is 19.1. The zero-order valence-corrected chi connectivity index (χ0v) is 19.1. The van der Waals surface area contributed by atoms with E-state index in [1.54, 1.807) is 19.2 Å². The number of benzene rings is 4. The first kappa shape index (κ1) is 20.5. The molecule has 0 saturated heterocycles. The van der Waals surface area contributed by atoms with Crippen molar-refractivity contribution in [2.45, 2.75) is 13.8 Å². The molecule has 0 unspecified atom stereocenters. The van der Waals surface area contributed by atoms with Crippen LogP contribution in [0.5, 0.6) is 0 Å². The summed E-state index contributed by atoms with van der Waals surface area (Å²) in [4.78, 5) is 0. The van der Waals surface area contributed by atoms with Crippen LogP contribution in [-0.2, 0) is 7.05 Å². The summed E-state index contributed by atoms with van der Waals surface area (Å²) in [6, 6.07) is 22.6. The molecule has 2 heterocycles. The molecule has 6 aromatic rings. The Hall–Kier alpha value is -4.05. The van der Waals surface area contributed by atoms with Crippen molar-refractivity contribution < 1.29 is 17.8 Å². The van der Waals surface area contributed by atoms with E-state index in [2.05, 4.69) is 0 Å². The van der Waals surface area contributed by atoms with Crippen molar-refractivity contribution in [2.75, 3.05) is 0 Å². The Morgan fingerprint density at radius 3 is 2.21 bits per heavy atom. The average molecular weight is 451 g/mol. The van der Waals surface area contributed by atoms with Gasteiger partial charge in [0, 0.05) is 22.4 Å². The van der Waals surface area contributed by atoms with Crippen LogP contribution in [0.2, 0.25) is 0 Å². The number of hydrogen-bond donors (Lipinski definition) is 0. The molecule has 34 heavy (non-hydrogen) atoms. The van der Waals surface area contributed by atoms with E-state index in [0.29, 0.717) is 28.0 Å². The first-order chi connectivity index (χ1) is 16.4. The van der Waals surface area contributed by atoms with Gasteiger partial charge in [-0.3, -0.25) is 0 Å². The lowest BCUT2D eigenvalue weighted by molar-refractivity contribution is -0.661. The van der Waals surface area contributed by atoms with Gasteiger partial charge in [0.15, 0.2) is 6.20 Å². The lowest BCUT2D eigenvalue weighted by atomic mass is 9.95. The van der Waals surface area contributed by atoms with Crippen molar-refractivity contribution in [3.8, 4) is 22.4 Å². The molecular weight excluding hydrogens is 428 g/mol. The van der Waals surface area contributed by atoms with E-state index in [1.165, 1.54) is 12.1 Å². The fourth-order valence-corrected chi connectivity index (χ4v) is 5.00. The third kappa shape index (κ3) is 2.95. The van der Waals surface area contributed by atoms with Gasteiger partial charge in [-0.2, -0.15) is 0 Å². The van der Waals surface area contributed by atoms with Gasteiger partial charge < -0.3 is 4.42 Å². The molecule has 0 aliphatic rings. The summed E-state index contributed by atoms with van der Waals surface area (Å²) in [7, 11) is 1.89. The highest BCUT2D eigenvalue weighted by Gasteiger charge is 2.24. The number of aromatic nitrogens is 1. The molecular formula is C30H22F2NO+. The Balaban J connectivity index is 1.74. The predicted molar refractivity (Wildman–Crippen MR) is 133 cm³/mol. The summed E-state index contributed by atoms with van der Waals surface area (Å²) in [6.45, 7) is 3.72. The first-order valence-electron chi connectivity index (χ1n) is 11.2. The molecule has 0 radical (unpaired) electrons. The third-order valence-corrected chi connectivity index (χ3v) is 6.69. The minimum absolute atomic E-state index is 0.275. The van der Waals surface area contributed by atoms with Crippen LogP contribution in [-0.4, -0.2) is 0 Å². The topological polar surface area (TPSA) is 17.0 Å². The van der Waals surface area contributed by atoms with Gasteiger partial charge >= 0.3 is 0 Å². The minimum atomic E-state index is -0.340. The maximum atomic E-state index is 15.4. The van der Waals surface area contributed by atoms with E-state index in [9.17, 15) is 4.39 Å². The Kier molecular flexibility index (Phi) is 4.53. The molecule has 0 atom stereocenters. The first-order valence-corrected chi connectivity index (χ1v) is 11.2. The van der Waals surface area contributed by atoms with Gasteiger partial charge in [-0.05, 0) is 47.9 Å². The molecule has 0 spiro atoms. The van der Waals surface area contributed by atoms with Gasteiger partial charge in [0.1, 0.15) is 29.8 Å². The largest absolute Gasteiger partial charge is 0.454 e. The van der Waals surface area contributed by atoms with Crippen molar-refractivity contribution >= 4 is 32.7 Å². The molecule has 0 amide bonds. The zero-order chi connectivity index (χ0) is 23.6. The summed E-state index contributed by atoms with van der Waals surface area (Å²) in [6.07, 6.45) is 1.77. The summed E-state index contributed by atoms with van der Waals surface area (Å²) < 4.78 is 38.4. The number of fused-ring (bicyclic) bond motifs is 4. The number of halogens is 2. The Morgan fingerprint density at radius 2 is 1.38 bits per heavy atom. The summed E-state index contributed by atoms with van der Waals surface area (Å²) in [5.41, 5.74) is 5.38. The molecule has 0 bridgehead atoms. The number of nitrogens with zero attached hydrogens (tertiary/aromatic N) is 1. The van der Waals surface area contributed by atoms with Crippen molar-refractivity contribution in [1.82, 2.24) is 0 Å². The van der Waals surface area contributed by atoms with E-state index in [-0.39, 0.29) is 11.6 Å². The number of hydrogen-bond acceptors (Lipinski definition) is 1. The highest BCUT2D eigenvalue weighted by Crippen LogP contribution is 2.43. The molecule has 4 aromatic carbocycles. The van der Waals surface area contributed by atoms with Gasteiger partial charge in [-0.1, -0.05) is 54.6 Å². The Labute approximate surface area is 195 Å². The maximum Gasteiger partial charge on any atom is 0.219 e. The predicted octanol–water partition coefficient (Wildman–Crippen LogP) is 7.79. The lowest BCUT2D eigenvalue weighted by Crippen LogP contribution is -2.31.